The maximum atomic E-state index is 12.6. The van der Waals surface area contributed by atoms with E-state index < -0.39 is 0 Å². The first-order valence-electron chi connectivity index (χ1n) is 12.2. The van der Waals surface area contributed by atoms with Crippen LogP contribution in [0.25, 0.3) is 0 Å². The van der Waals surface area contributed by atoms with Gasteiger partial charge in [0.2, 0.25) is 0 Å². The number of piperazine rings is 1. The van der Waals surface area contributed by atoms with Gasteiger partial charge in [-0.05, 0) is 35.4 Å². The number of hydrogen-bond acceptors (Lipinski definition) is 5. The van der Waals surface area contributed by atoms with Gasteiger partial charge in [-0.25, -0.2) is 9.78 Å². The average molecular weight is 450 g/mol. The Morgan fingerprint density at radius 1 is 1.09 bits per heavy atom. The minimum absolute atomic E-state index is 0.162. The number of amides is 1. The van der Waals surface area contributed by atoms with Crippen molar-refractivity contribution in [2.24, 2.45) is 17.8 Å². The minimum atomic E-state index is -0.162. The summed E-state index contributed by atoms with van der Waals surface area (Å²) < 4.78 is 7.89. The smallest absolute Gasteiger partial charge is 0.409 e. The maximum absolute atomic E-state index is 12.6. The summed E-state index contributed by atoms with van der Waals surface area (Å²) in [6, 6.07) is 9.82. The Kier molecular flexibility index (Phi) is 7.66. The number of imidazole rings is 1. The largest absolute Gasteiger partial charge is 0.449 e. The lowest BCUT2D eigenvalue weighted by molar-refractivity contribution is 0.0370. The molecule has 33 heavy (non-hydrogen) atoms. The van der Waals surface area contributed by atoms with E-state index >= 15 is 0 Å². The van der Waals surface area contributed by atoms with Gasteiger partial charge < -0.3 is 14.2 Å². The molecule has 176 valence electrons. The van der Waals surface area contributed by atoms with Crippen LogP contribution in [0, 0.1) is 29.1 Å². The summed E-state index contributed by atoms with van der Waals surface area (Å²) >= 11 is 0. The number of aromatic nitrogens is 2. The second kappa shape index (κ2) is 10.8. The third-order valence-corrected chi connectivity index (χ3v) is 7.43. The van der Waals surface area contributed by atoms with Crippen LogP contribution in [-0.4, -0.2) is 58.2 Å². The van der Waals surface area contributed by atoms with Gasteiger partial charge in [0.05, 0.1) is 30.3 Å². The van der Waals surface area contributed by atoms with Gasteiger partial charge in [0.1, 0.15) is 0 Å². The van der Waals surface area contributed by atoms with Gasteiger partial charge in [0, 0.05) is 45.5 Å². The van der Waals surface area contributed by atoms with E-state index in [9.17, 15) is 4.79 Å². The first-order valence-corrected chi connectivity index (χ1v) is 12.2. The van der Waals surface area contributed by atoms with Crippen LogP contribution < -0.4 is 0 Å². The molecule has 0 N–H and O–H groups in total. The lowest BCUT2D eigenvalue weighted by atomic mass is 9.74. The Hall–Kier alpha value is -2.85. The molecular formula is C26H35N5O2. The predicted molar refractivity (Wildman–Crippen MR) is 126 cm³/mol. The van der Waals surface area contributed by atoms with Gasteiger partial charge in [-0.15, -0.1) is 0 Å². The molecule has 1 aliphatic heterocycles. The maximum Gasteiger partial charge on any atom is 0.409 e. The molecule has 1 aromatic heterocycles. The molecule has 1 saturated heterocycles. The lowest BCUT2D eigenvalue weighted by Crippen LogP contribution is -2.49. The van der Waals surface area contributed by atoms with Gasteiger partial charge in [-0.1, -0.05) is 45.2 Å². The van der Waals surface area contributed by atoms with Crippen molar-refractivity contribution >= 4 is 6.09 Å². The molecule has 1 unspecified atom stereocenters. The van der Waals surface area contributed by atoms with Crippen LogP contribution in [-0.2, 0) is 17.8 Å². The number of nitrogens with zero attached hydrogens (tertiary/aromatic N) is 5. The molecule has 2 aliphatic rings. The van der Waals surface area contributed by atoms with Crippen LogP contribution in [0.1, 0.15) is 49.9 Å². The van der Waals surface area contributed by atoms with Crippen molar-refractivity contribution in [1.29, 1.82) is 5.26 Å². The van der Waals surface area contributed by atoms with Gasteiger partial charge in [-0.3, -0.25) is 4.90 Å². The van der Waals surface area contributed by atoms with Gasteiger partial charge >= 0.3 is 6.09 Å². The molecule has 1 aliphatic carbocycles. The molecule has 3 atom stereocenters. The number of carbonyl (C=O) groups is 1. The number of ether oxygens (including phenoxy) is 1. The van der Waals surface area contributed by atoms with E-state index in [4.69, 9.17) is 10.00 Å². The molecule has 1 saturated carbocycles. The number of hydrogen-bond donors (Lipinski definition) is 0. The molecule has 2 heterocycles. The Labute approximate surface area is 197 Å². The second-order valence-electron chi connectivity index (χ2n) is 9.71. The summed E-state index contributed by atoms with van der Waals surface area (Å²) in [5, 5.41) is 8.97. The highest BCUT2D eigenvalue weighted by Gasteiger charge is 2.30. The van der Waals surface area contributed by atoms with Crippen molar-refractivity contribution in [3.05, 3.63) is 53.6 Å². The summed E-state index contributed by atoms with van der Waals surface area (Å²) in [5.41, 5.74) is 2.96. The van der Waals surface area contributed by atoms with Crippen molar-refractivity contribution in [2.75, 3.05) is 32.8 Å². The van der Waals surface area contributed by atoms with E-state index in [1.54, 1.807) is 0 Å². The fourth-order valence-corrected chi connectivity index (χ4v) is 5.16. The Morgan fingerprint density at radius 3 is 2.45 bits per heavy atom. The van der Waals surface area contributed by atoms with Gasteiger partial charge in [0.15, 0.2) is 0 Å². The standard InChI is InChI=1S/C26H35N5O2/c1-20-4-3-5-21(2)25(20)18-33-26(32)30-12-10-29(11-13-30)17-24-15-28-19-31(24)16-23-8-6-22(14-27)7-9-23/h6-9,15,19-21,25H,3-5,10-13,16-18H2,1-2H3/t20-,21+,25?. The number of nitriles is 1. The molecule has 2 fully saturated rings. The molecule has 1 aromatic carbocycles. The zero-order valence-corrected chi connectivity index (χ0v) is 19.8. The zero-order valence-electron chi connectivity index (χ0n) is 19.8. The molecule has 7 nitrogen and oxygen atoms in total. The molecule has 1 amide bonds. The molecule has 0 bridgehead atoms. The summed E-state index contributed by atoms with van der Waals surface area (Å²) in [4.78, 5) is 21.2. The molecule has 4 rings (SSSR count). The highest BCUT2D eigenvalue weighted by Crippen LogP contribution is 2.34. The topological polar surface area (TPSA) is 74.4 Å². The van der Waals surface area contributed by atoms with Crippen molar-refractivity contribution in [3.63, 3.8) is 0 Å². The fourth-order valence-electron chi connectivity index (χ4n) is 5.16. The highest BCUT2D eigenvalue weighted by molar-refractivity contribution is 5.67. The van der Waals surface area contributed by atoms with Crippen molar-refractivity contribution in [2.45, 2.75) is 46.2 Å². The van der Waals surface area contributed by atoms with Crippen molar-refractivity contribution < 1.29 is 9.53 Å². The first-order chi connectivity index (χ1) is 16.0. The fraction of sp³-hybridized carbons (Fsp3) is 0.577. The molecular weight excluding hydrogens is 414 g/mol. The van der Waals surface area contributed by atoms with E-state index in [-0.39, 0.29) is 6.09 Å². The predicted octanol–water partition coefficient (Wildman–Crippen LogP) is 4.13. The average Bonchev–Trinajstić information content (AvgIpc) is 3.26. The third kappa shape index (κ3) is 5.94. The monoisotopic (exact) mass is 449 g/mol. The van der Waals surface area contributed by atoms with Crippen molar-refractivity contribution in [1.82, 2.24) is 19.4 Å². The van der Waals surface area contributed by atoms with E-state index in [2.05, 4.69) is 34.4 Å². The van der Waals surface area contributed by atoms with Crippen LogP contribution in [0.3, 0.4) is 0 Å². The second-order valence-corrected chi connectivity index (χ2v) is 9.71. The highest BCUT2D eigenvalue weighted by atomic mass is 16.6. The minimum Gasteiger partial charge on any atom is -0.449 e. The third-order valence-electron chi connectivity index (χ3n) is 7.43. The van der Waals surface area contributed by atoms with Crippen LogP contribution >= 0.6 is 0 Å². The van der Waals surface area contributed by atoms with Crippen LogP contribution in [0.2, 0.25) is 0 Å². The zero-order chi connectivity index (χ0) is 23.2. The Bertz CT molecular complexity index is 946. The summed E-state index contributed by atoms with van der Waals surface area (Å²) in [6.07, 6.45) is 7.39. The first kappa shape index (κ1) is 23.3. The van der Waals surface area contributed by atoms with E-state index in [0.717, 1.165) is 37.4 Å². The van der Waals surface area contributed by atoms with Gasteiger partial charge in [-0.2, -0.15) is 5.26 Å². The number of benzene rings is 1. The van der Waals surface area contributed by atoms with E-state index in [1.807, 2.05) is 41.7 Å². The SMILES string of the molecule is C[C@@H]1CCC[C@H](C)C1COC(=O)N1CCN(Cc2cncn2Cc2ccc(C#N)cc2)CC1. The van der Waals surface area contributed by atoms with Crippen LogP contribution in [0.15, 0.2) is 36.8 Å². The van der Waals surface area contributed by atoms with Crippen LogP contribution in [0.4, 0.5) is 4.79 Å². The summed E-state index contributed by atoms with van der Waals surface area (Å²) in [5.74, 6) is 1.75. The van der Waals surface area contributed by atoms with Crippen LogP contribution in [0.5, 0.6) is 0 Å². The molecule has 7 heteroatoms. The van der Waals surface area contributed by atoms with Crippen molar-refractivity contribution in [3.8, 4) is 6.07 Å². The quantitative estimate of drug-likeness (QED) is 0.663. The molecule has 0 spiro atoms. The lowest BCUT2D eigenvalue weighted by Gasteiger charge is -2.36. The van der Waals surface area contributed by atoms with E-state index in [0.29, 0.717) is 43.0 Å². The normalized spacial score (nSPS) is 23.8. The summed E-state index contributed by atoms with van der Waals surface area (Å²) in [7, 11) is 0. The number of carbonyl (C=O) groups excluding carboxylic acids is 1. The summed E-state index contributed by atoms with van der Waals surface area (Å²) in [6.45, 7) is 9.70. The Balaban J connectivity index is 1.24. The molecule has 2 aromatic rings. The van der Waals surface area contributed by atoms with E-state index in [1.165, 1.54) is 19.3 Å². The van der Waals surface area contributed by atoms with Gasteiger partial charge in [0.25, 0.3) is 0 Å². The molecule has 0 radical (unpaired) electrons. The Morgan fingerprint density at radius 2 is 1.79 bits per heavy atom. The number of rotatable bonds is 6.